The molecular weight excluding hydrogens is 447 g/mol. The molecule has 188 valence electrons. The fourth-order valence-electron chi connectivity index (χ4n) is 5.59. The average molecular weight is 483 g/mol. The van der Waals surface area contributed by atoms with Gasteiger partial charge in [-0.15, -0.1) is 13.2 Å². The van der Waals surface area contributed by atoms with Crippen molar-refractivity contribution in [2.24, 2.45) is 23.7 Å². The first-order chi connectivity index (χ1) is 16.2. The molecule has 6 heteroatoms. The molecule has 0 bridgehead atoms. The van der Waals surface area contributed by atoms with Gasteiger partial charge in [0, 0.05) is 5.56 Å². The van der Waals surface area contributed by atoms with Gasteiger partial charge in [0.1, 0.15) is 0 Å². The number of unbranched alkanes of at least 4 members (excludes halogenated alkanes) is 2. The molecule has 2 aliphatic rings. The molecule has 0 aromatic heterocycles. The molecule has 0 radical (unpaired) electrons. The molecule has 2 fully saturated rings. The lowest BCUT2D eigenvalue weighted by molar-refractivity contribution is -0.276. The first-order valence-corrected chi connectivity index (χ1v) is 12.7. The van der Waals surface area contributed by atoms with E-state index in [0.717, 1.165) is 42.7 Å². The molecule has 0 N–H and O–H groups in total. The molecule has 0 amide bonds. The van der Waals surface area contributed by atoms with Crippen LogP contribution in [0.5, 0.6) is 5.75 Å². The topological polar surface area (TPSA) is 9.23 Å². The van der Waals surface area contributed by atoms with Gasteiger partial charge in [-0.2, -0.15) is 0 Å². The van der Waals surface area contributed by atoms with E-state index in [1.54, 1.807) is 6.08 Å². The molecule has 0 spiro atoms. The summed E-state index contributed by atoms with van der Waals surface area (Å²) in [5, 5.41) is 0. The van der Waals surface area contributed by atoms with Gasteiger partial charge in [-0.1, -0.05) is 63.4 Å². The molecule has 0 unspecified atom stereocenters. The number of halogens is 5. The summed E-state index contributed by atoms with van der Waals surface area (Å²) < 4.78 is 67.6. The highest BCUT2D eigenvalue weighted by molar-refractivity contribution is 5.42. The Bertz CT molecular complexity index is 840. The summed E-state index contributed by atoms with van der Waals surface area (Å²) in [7, 11) is 0. The summed E-state index contributed by atoms with van der Waals surface area (Å²) >= 11 is 0. The molecule has 1 aromatic rings. The molecule has 1 nitrogen and oxygen atoms in total. The van der Waals surface area contributed by atoms with Gasteiger partial charge in [0.05, 0.1) is 0 Å². The Labute approximate surface area is 200 Å². The maximum absolute atomic E-state index is 13.8. The molecule has 0 aliphatic heterocycles. The van der Waals surface area contributed by atoms with E-state index in [-0.39, 0.29) is 5.56 Å². The summed E-state index contributed by atoms with van der Waals surface area (Å²) in [4.78, 5) is 0. The van der Waals surface area contributed by atoms with Crippen molar-refractivity contribution in [2.45, 2.75) is 90.3 Å². The molecule has 3 rings (SSSR count). The van der Waals surface area contributed by atoms with Crippen LogP contribution in [-0.4, -0.2) is 6.36 Å². The Kier molecular flexibility index (Phi) is 9.85. The lowest BCUT2D eigenvalue weighted by Crippen LogP contribution is -2.25. The third-order valence-electron chi connectivity index (χ3n) is 7.47. The third kappa shape index (κ3) is 8.32. The number of alkyl halides is 3. The molecule has 1 aromatic carbocycles. The third-order valence-corrected chi connectivity index (χ3v) is 7.47. The molecule has 0 atom stereocenters. The second-order valence-corrected chi connectivity index (χ2v) is 9.90. The zero-order valence-corrected chi connectivity index (χ0v) is 19.9. The second-order valence-electron chi connectivity index (χ2n) is 9.90. The summed E-state index contributed by atoms with van der Waals surface area (Å²) in [5.74, 6) is 4.10. The Morgan fingerprint density at radius 2 is 1.50 bits per heavy atom. The number of benzene rings is 1. The second kappa shape index (κ2) is 12.6. The monoisotopic (exact) mass is 482 g/mol. The number of hydrogen-bond donors (Lipinski definition) is 0. The van der Waals surface area contributed by atoms with Crippen LogP contribution in [0.25, 0.3) is 0 Å². The highest BCUT2D eigenvalue weighted by atomic mass is 19.4. The standard InChI is InChI=1S/C28H35F5O/c1-2-3-4-7-20-10-14-23(15-11-20)24-16-12-21(13-17-24)8-5-6-9-22-18-25(29)27(26(30)19-22)34-28(31,32)33/h5,8,18-21,23-24H,2-4,7,10-17H2,1H3/b8-5+/t20-,21?,23-,24?. The predicted molar refractivity (Wildman–Crippen MR) is 124 cm³/mol. The van der Waals surface area contributed by atoms with Crippen LogP contribution < -0.4 is 4.74 Å². The van der Waals surface area contributed by atoms with Gasteiger partial charge in [-0.25, -0.2) is 8.78 Å². The maximum Gasteiger partial charge on any atom is 0.573 e. The van der Waals surface area contributed by atoms with Crippen molar-refractivity contribution in [1.29, 1.82) is 0 Å². The lowest BCUT2D eigenvalue weighted by atomic mass is 9.68. The number of allylic oxidation sites excluding steroid dienone is 2. The Morgan fingerprint density at radius 1 is 0.912 bits per heavy atom. The molecule has 2 aliphatic carbocycles. The fraction of sp³-hybridized carbons (Fsp3) is 0.643. The van der Waals surface area contributed by atoms with Crippen molar-refractivity contribution in [3.63, 3.8) is 0 Å². The quantitative estimate of drug-likeness (QED) is 0.214. The van der Waals surface area contributed by atoms with Gasteiger partial charge in [-0.05, 0) is 80.4 Å². The molecule has 2 saturated carbocycles. The first kappa shape index (κ1) is 26.6. The van der Waals surface area contributed by atoms with Gasteiger partial charge >= 0.3 is 6.36 Å². The summed E-state index contributed by atoms with van der Waals surface area (Å²) in [6.07, 6.45) is 14.3. The van der Waals surface area contributed by atoms with Crippen molar-refractivity contribution >= 4 is 0 Å². The Morgan fingerprint density at radius 3 is 2.06 bits per heavy atom. The first-order valence-electron chi connectivity index (χ1n) is 12.7. The minimum Gasteiger partial charge on any atom is -0.399 e. The van der Waals surface area contributed by atoms with Crippen LogP contribution in [0, 0.1) is 47.1 Å². The number of rotatable bonds is 7. The fourth-order valence-corrected chi connectivity index (χ4v) is 5.59. The van der Waals surface area contributed by atoms with Crippen molar-refractivity contribution in [1.82, 2.24) is 0 Å². The van der Waals surface area contributed by atoms with Crippen LogP contribution in [0.3, 0.4) is 0 Å². The van der Waals surface area contributed by atoms with Crippen molar-refractivity contribution in [3.05, 3.63) is 41.5 Å². The zero-order valence-electron chi connectivity index (χ0n) is 19.9. The minimum absolute atomic E-state index is 0.0387. The van der Waals surface area contributed by atoms with Gasteiger partial charge < -0.3 is 4.74 Å². The normalized spacial score (nSPS) is 25.7. The summed E-state index contributed by atoms with van der Waals surface area (Å²) in [6.45, 7) is 2.26. The van der Waals surface area contributed by atoms with E-state index in [1.165, 1.54) is 64.2 Å². The zero-order chi connectivity index (χ0) is 24.6. The highest BCUT2D eigenvalue weighted by Gasteiger charge is 2.34. The van der Waals surface area contributed by atoms with E-state index in [1.807, 2.05) is 6.08 Å². The van der Waals surface area contributed by atoms with Crippen LogP contribution >= 0.6 is 0 Å². The van der Waals surface area contributed by atoms with Crippen molar-refractivity contribution < 1.29 is 26.7 Å². The molecule has 34 heavy (non-hydrogen) atoms. The van der Waals surface area contributed by atoms with Gasteiger partial charge in [0.25, 0.3) is 0 Å². The maximum atomic E-state index is 13.8. The van der Waals surface area contributed by atoms with Crippen LogP contribution in [0.2, 0.25) is 0 Å². The average Bonchev–Trinajstić information content (AvgIpc) is 2.80. The molecule has 0 heterocycles. The van der Waals surface area contributed by atoms with E-state index < -0.39 is 23.7 Å². The Balaban J connectivity index is 1.43. The van der Waals surface area contributed by atoms with Gasteiger partial charge in [0.15, 0.2) is 11.6 Å². The summed E-state index contributed by atoms with van der Waals surface area (Å²) in [5.41, 5.74) is -0.0387. The van der Waals surface area contributed by atoms with Crippen LogP contribution in [0.1, 0.15) is 89.5 Å². The van der Waals surface area contributed by atoms with Crippen LogP contribution in [-0.2, 0) is 0 Å². The van der Waals surface area contributed by atoms with E-state index in [4.69, 9.17) is 0 Å². The molecule has 0 saturated heterocycles. The van der Waals surface area contributed by atoms with Gasteiger partial charge in [-0.3, -0.25) is 0 Å². The Hall–Kier alpha value is -2.03. The highest BCUT2D eigenvalue weighted by Crippen LogP contribution is 2.42. The predicted octanol–water partition coefficient (Wildman–Crippen LogP) is 8.96. The van der Waals surface area contributed by atoms with Gasteiger partial charge in [0.2, 0.25) is 5.75 Å². The smallest absolute Gasteiger partial charge is 0.399 e. The van der Waals surface area contributed by atoms with Crippen molar-refractivity contribution in [3.8, 4) is 17.6 Å². The van der Waals surface area contributed by atoms with Crippen LogP contribution in [0.4, 0.5) is 22.0 Å². The number of hydrogen-bond acceptors (Lipinski definition) is 1. The lowest BCUT2D eigenvalue weighted by Gasteiger charge is -2.37. The van der Waals surface area contributed by atoms with E-state index in [9.17, 15) is 22.0 Å². The summed E-state index contributed by atoms with van der Waals surface area (Å²) in [6, 6.07) is 1.49. The van der Waals surface area contributed by atoms with Crippen LogP contribution in [0.15, 0.2) is 24.3 Å². The minimum atomic E-state index is -5.16. The van der Waals surface area contributed by atoms with E-state index in [2.05, 4.69) is 23.5 Å². The van der Waals surface area contributed by atoms with E-state index >= 15 is 0 Å². The molecular formula is C28H35F5O. The SMILES string of the molecule is CCCCC[C@H]1CC[C@H](C2CCC(/C=C/C#Cc3cc(F)c(OC(F)(F)F)c(F)c3)CC2)CC1. The largest absolute Gasteiger partial charge is 0.573 e. The van der Waals surface area contributed by atoms with E-state index in [0.29, 0.717) is 5.92 Å². The van der Waals surface area contributed by atoms with Crippen molar-refractivity contribution in [2.75, 3.05) is 0 Å². The number of ether oxygens (including phenoxy) is 1.